The Kier molecular flexibility index (Phi) is 3.52. The van der Waals surface area contributed by atoms with Gasteiger partial charge in [-0.25, -0.2) is 4.98 Å². The molecule has 2 N–H and O–H groups in total. The zero-order valence-corrected chi connectivity index (χ0v) is 11.8. The Balaban J connectivity index is 2.13. The first kappa shape index (κ1) is 15.0. The number of benzene rings is 2. The highest BCUT2D eigenvalue weighted by Gasteiger charge is 2.31. The zero-order chi connectivity index (χ0) is 16.6. The van der Waals surface area contributed by atoms with Gasteiger partial charge in [0.05, 0.1) is 11.1 Å². The molecule has 3 rings (SSSR count). The van der Waals surface area contributed by atoms with Crippen molar-refractivity contribution in [2.45, 2.75) is 6.18 Å². The first-order valence-corrected chi connectivity index (χ1v) is 6.73. The molecule has 1 aromatic heterocycles. The van der Waals surface area contributed by atoms with Crippen LogP contribution in [0.4, 0.5) is 19.0 Å². The molecule has 23 heavy (non-hydrogen) atoms. The minimum Gasteiger partial charge on any atom is -0.384 e. The summed E-state index contributed by atoms with van der Waals surface area (Å²) < 4.78 is 38.4. The maximum atomic E-state index is 12.8. The van der Waals surface area contributed by atoms with Gasteiger partial charge in [-0.3, -0.25) is 4.79 Å². The number of pyridine rings is 1. The number of carbonyl (C=O) groups is 1. The Bertz CT molecular complexity index is 904. The Morgan fingerprint density at radius 2 is 1.74 bits per heavy atom. The molecule has 6 heteroatoms. The predicted molar refractivity (Wildman–Crippen MR) is 81.0 cm³/mol. The van der Waals surface area contributed by atoms with Crippen LogP contribution in [0, 0.1) is 0 Å². The van der Waals surface area contributed by atoms with Crippen molar-refractivity contribution in [3.8, 4) is 0 Å². The number of nitrogens with zero attached hydrogens (tertiary/aromatic N) is 1. The molecule has 1 heterocycles. The summed E-state index contributed by atoms with van der Waals surface area (Å²) in [6.07, 6.45) is -4.50. The lowest BCUT2D eigenvalue weighted by Crippen LogP contribution is -2.09. The van der Waals surface area contributed by atoms with E-state index in [0.717, 1.165) is 12.1 Å². The molecule has 0 aliphatic rings. The number of nitrogens with two attached hydrogens (primary N) is 1. The number of anilines is 1. The molecule has 0 saturated heterocycles. The van der Waals surface area contributed by atoms with Crippen molar-refractivity contribution < 1.29 is 18.0 Å². The summed E-state index contributed by atoms with van der Waals surface area (Å²) in [6, 6.07) is 12.6. The van der Waals surface area contributed by atoms with Crippen LogP contribution >= 0.6 is 0 Å². The Hall–Kier alpha value is -2.89. The summed E-state index contributed by atoms with van der Waals surface area (Å²) in [4.78, 5) is 16.7. The number of nitrogen functional groups attached to an aromatic ring is 1. The molecule has 0 aliphatic carbocycles. The second-order valence-electron chi connectivity index (χ2n) is 5.02. The van der Waals surface area contributed by atoms with Gasteiger partial charge in [0.1, 0.15) is 5.82 Å². The summed E-state index contributed by atoms with van der Waals surface area (Å²) in [5, 5.41) is 0.692. The number of hydrogen-bond donors (Lipinski definition) is 1. The van der Waals surface area contributed by atoms with Crippen molar-refractivity contribution in [2.24, 2.45) is 0 Å². The van der Waals surface area contributed by atoms with Gasteiger partial charge in [0, 0.05) is 16.5 Å². The maximum Gasteiger partial charge on any atom is 0.416 e. The van der Waals surface area contributed by atoms with Gasteiger partial charge >= 0.3 is 6.18 Å². The van der Waals surface area contributed by atoms with Crippen LogP contribution in [0.2, 0.25) is 0 Å². The average molecular weight is 316 g/mol. The van der Waals surface area contributed by atoms with Crippen molar-refractivity contribution >= 4 is 22.5 Å². The Morgan fingerprint density at radius 1 is 1.00 bits per heavy atom. The summed E-state index contributed by atoms with van der Waals surface area (Å²) in [6.45, 7) is 0. The molecule has 0 aliphatic heterocycles. The topological polar surface area (TPSA) is 56.0 Å². The number of alkyl halides is 3. The van der Waals surface area contributed by atoms with Crippen LogP contribution in [0.3, 0.4) is 0 Å². The molecule has 3 aromatic rings. The second-order valence-corrected chi connectivity index (χ2v) is 5.02. The average Bonchev–Trinajstić information content (AvgIpc) is 2.53. The SMILES string of the molecule is Nc1ccc2cccc(C(=O)c3cccc(C(F)(F)F)c3)c2n1. The van der Waals surface area contributed by atoms with Gasteiger partial charge in [0.25, 0.3) is 0 Å². The van der Waals surface area contributed by atoms with E-state index in [1.54, 1.807) is 24.3 Å². The van der Waals surface area contributed by atoms with Crippen LogP contribution in [0.1, 0.15) is 21.5 Å². The highest BCUT2D eigenvalue weighted by atomic mass is 19.4. The standard InChI is InChI=1S/C17H11F3N2O/c18-17(19,20)12-5-1-4-11(9-12)16(23)13-6-2-3-10-7-8-14(21)22-15(10)13/h1-9H,(H2,21,22). The highest BCUT2D eigenvalue weighted by molar-refractivity contribution is 6.15. The van der Waals surface area contributed by atoms with Crippen LogP contribution in [0.15, 0.2) is 54.6 Å². The molecule has 0 radical (unpaired) electrons. The number of fused-ring (bicyclic) bond motifs is 1. The fraction of sp³-hybridized carbons (Fsp3) is 0.0588. The second kappa shape index (κ2) is 5.39. The van der Waals surface area contributed by atoms with Gasteiger partial charge in [0.2, 0.25) is 0 Å². The van der Waals surface area contributed by atoms with E-state index in [-0.39, 0.29) is 16.9 Å². The number of halogens is 3. The highest BCUT2D eigenvalue weighted by Crippen LogP contribution is 2.30. The summed E-state index contributed by atoms with van der Waals surface area (Å²) in [5.41, 5.74) is 5.32. The Labute approximate surface area is 129 Å². The van der Waals surface area contributed by atoms with E-state index in [2.05, 4.69) is 4.98 Å². The minimum atomic E-state index is -4.50. The molecule has 2 aromatic carbocycles. The van der Waals surface area contributed by atoms with Crippen LogP contribution in [0.25, 0.3) is 10.9 Å². The Morgan fingerprint density at radius 3 is 2.48 bits per heavy atom. The maximum absolute atomic E-state index is 12.8. The van der Waals surface area contributed by atoms with E-state index in [9.17, 15) is 18.0 Å². The molecule has 0 spiro atoms. The molecular formula is C17H11F3N2O. The van der Waals surface area contributed by atoms with E-state index in [0.29, 0.717) is 10.9 Å². The molecule has 0 bridgehead atoms. The number of aromatic nitrogens is 1. The summed E-state index contributed by atoms with van der Waals surface area (Å²) in [5.74, 6) is -0.290. The van der Waals surface area contributed by atoms with Crippen LogP contribution < -0.4 is 5.73 Å². The van der Waals surface area contributed by atoms with Gasteiger partial charge in [-0.15, -0.1) is 0 Å². The number of rotatable bonds is 2. The van der Waals surface area contributed by atoms with E-state index < -0.39 is 17.5 Å². The molecule has 3 nitrogen and oxygen atoms in total. The molecule has 116 valence electrons. The van der Waals surface area contributed by atoms with Gasteiger partial charge in [-0.2, -0.15) is 13.2 Å². The van der Waals surface area contributed by atoms with E-state index >= 15 is 0 Å². The van der Waals surface area contributed by atoms with E-state index in [1.807, 2.05) is 0 Å². The third kappa shape index (κ3) is 2.88. The lowest BCUT2D eigenvalue weighted by Gasteiger charge is -2.09. The fourth-order valence-electron chi connectivity index (χ4n) is 2.34. The monoisotopic (exact) mass is 316 g/mol. The van der Waals surface area contributed by atoms with Crippen molar-refractivity contribution in [1.29, 1.82) is 0 Å². The fourth-order valence-corrected chi connectivity index (χ4v) is 2.34. The first-order valence-electron chi connectivity index (χ1n) is 6.73. The van der Waals surface area contributed by atoms with Gasteiger partial charge < -0.3 is 5.73 Å². The normalized spacial score (nSPS) is 11.6. The molecule has 0 fully saturated rings. The molecule has 0 atom stereocenters. The van der Waals surface area contributed by atoms with Crippen LogP contribution in [-0.2, 0) is 6.18 Å². The number of hydrogen-bond acceptors (Lipinski definition) is 3. The van der Waals surface area contributed by atoms with Crippen molar-refractivity contribution in [2.75, 3.05) is 5.73 Å². The van der Waals surface area contributed by atoms with Gasteiger partial charge in [0.15, 0.2) is 5.78 Å². The molecule has 0 saturated carbocycles. The zero-order valence-electron chi connectivity index (χ0n) is 11.8. The smallest absolute Gasteiger partial charge is 0.384 e. The molecular weight excluding hydrogens is 305 g/mol. The third-order valence-electron chi connectivity index (χ3n) is 3.44. The van der Waals surface area contributed by atoms with Crippen molar-refractivity contribution in [3.63, 3.8) is 0 Å². The predicted octanol–water partition coefficient (Wildman–Crippen LogP) is 4.07. The number of carbonyl (C=O) groups excluding carboxylic acids is 1. The molecule has 0 amide bonds. The lowest BCUT2D eigenvalue weighted by atomic mass is 9.99. The quantitative estimate of drug-likeness (QED) is 0.725. The number of para-hydroxylation sites is 1. The minimum absolute atomic E-state index is 0.0449. The lowest BCUT2D eigenvalue weighted by molar-refractivity contribution is -0.137. The van der Waals surface area contributed by atoms with Gasteiger partial charge in [-0.05, 0) is 30.3 Å². The van der Waals surface area contributed by atoms with Gasteiger partial charge in [-0.1, -0.05) is 24.3 Å². The summed E-state index contributed by atoms with van der Waals surface area (Å²) in [7, 11) is 0. The first-order chi connectivity index (χ1) is 10.9. The van der Waals surface area contributed by atoms with E-state index in [4.69, 9.17) is 5.73 Å². The van der Waals surface area contributed by atoms with Crippen LogP contribution in [-0.4, -0.2) is 10.8 Å². The van der Waals surface area contributed by atoms with Crippen molar-refractivity contribution in [3.05, 3.63) is 71.3 Å². The third-order valence-corrected chi connectivity index (χ3v) is 3.44. The van der Waals surface area contributed by atoms with Crippen molar-refractivity contribution in [1.82, 2.24) is 4.98 Å². The van der Waals surface area contributed by atoms with Crippen LogP contribution in [0.5, 0.6) is 0 Å². The number of ketones is 1. The summed E-state index contributed by atoms with van der Waals surface area (Å²) >= 11 is 0. The largest absolute Gasteiger partial charge is 0.416 e. The van der Waals surface area contributed by atoms with E-state index in [1.165, 1.54) is 18.2 Å². The molecule has 0 unspecified atom stereocenters.